The first-order chi connectivity index (χ1) is 11.9. The van der Waals surface area contributed by atoms with Crippen LogP contribution < -0.4 is 20.1 Å². The third kappa shape index (κ3) is 10.7. The number of methoxy groups -OCH3 is 1. The Labute approximate surface area is 175 Å². The van der Waals surface area contributed by atoms with E-state index in [0.717, 1.165) is 37.1 Å². The second-order valence-corrected chi connectivity index (χ2v) is 7.05. The number of rotatable bonds is 10. The molecule has 0 heterocycles. The SMILES string of the molecule is CCNC(=NCC(C)(C)CN(C)C)NCCOc1ccc(OC)cc1.I. The van der Waals surface area contributed by atoms with Gasteiger partial charge in [0.25, 0.3) is 0 Å². The van der Waals surface area contributed by atoms with E-state index in [4.69, 9.17) is 14.5 Å². The van der Waals surface area contributed by atoms with Crippen LogP contribution >= 0.6 is 24.0 Å². The van der Waals surface area contributed by atoms with Gasteiger partial charge in [0.05, 0.1) is 13.7 Å². The van der Waals surface area contributed by atoms with Crippen molar-refractivity contribution < 1.29 is 9.47 Å². The van der Waals surface area contributed by atoms with E-state index in [1.54, 1.807) is 7.11 Å². The molecule has 1 rings (SSSR count). The summed E-state index contributed by atoms with van der Waals surface area (Å²) in [5, 5.41) is 6.59. The molecular weight excluding hydrogens is 443 g/mol. The maximum Gasteiger partial charge on any atom is 0.191 e. The van der Waals surface area contributed by atoms with Gasteiger partial charge in [-0.05, 0) is 50.7 Å². The van der Waals surface area contributed by atoms with E-state index in [9.17, 15) is 0 Å². The van der Waals surface area contributed by atoms with Crippen LogP contribution in [0.2, 0.25) is 0 Å². The zero-order valence-electron chi connectivity index (χ0n) is 17.0. The number of ether oxygens (including phenoxy) is 2. The largest absolute Gasteiger partial charge is 0.497 e. The van der Waals surface area contributed by atoms with E-state index in [0.29, 0.717) is 13.2 Å². The highest BCUT2D eigenvalue weighted by molar-refractivity contribution is 14.0. The number of hydrogen-bond donors (Lipinski definition) is 2. The minimum absolute atomic E-state index is 0. The summed E-state index contributed by atoms with van der Waals surface area (Å²) in [6.45, 7) is 10.4. The smallest absolute Gasteiger partial charge is 0.191 e. The lowest BCUT2D eigenvalue weighted by atomic mass is 9.93. The van der Waals surface area contributed by atoms with Gasteiger partial charge in [-0.3, -0.25) is 4.99 Å². The lowest BCUT2D eigenvalue weighted by molar-refractivity contribution is 0.248. The van der Waals surface area contributed by atoms with Gasteiger partial charge in [-0.2, -0.15) is 0 Å². The number of benzene rings is 1. The number of nitrogens with zero attached hydrogens (tertiary/aromatic N) is 2. The van der Waals surface area contributed by atoms with Crippen molar-refractivity contribution in [2.45, 2.75) is 20.8 Å². The molecule has 0 saturated carbocycles. The molecular formula is C19H35IN4O2. The Bertz CT molecular complexity index is 519. The molecule has 0 aromatic heterocycles. The molecule has 0 aliphatic carbocycles. The van der Waals surface area contributed by atoms with Crippen molar-refractivity contribution in [3.8, 4) is 11.5 Å². The first kappa shape index (κ1) is 24.8. The number of hydrogen-bond acceptors (Lipinski definition) is 4. The van der Waals surface area contributed by atoms with E-state index in [1.807, 2.05) is 24.3 Å². The van der Waals surface area contributed by atoms with Crippen molar-refractivity contribution in [1.29, 1.82) is 0 Å². The summed E-state index contributed by atoms with van der Waals surface area (Å²) < 4.78 is 10.9. The molecule has 150 valence electrons. The molecule has 1 aromatic carbocycles. The summed E-state index contributed by atoms with van der Waals surface area (Å²) in [7, 11) is 5.83. The molecule has 7 heteroatoms. The van der Waals surface area contributed by atoms with E-state index < -0.39 is 0 Å². The van der Waals surface area contributed by atoms with Gasteiger partial charge in [0, 0.05) is 19.6 Å². The van der Waals surface area contributed by atoms with Gasteiger partial charge in [-0.15, -0.1) is 24.0 Å². The van der Waals surface area contributed by atoms with E-state index in [2.05, 4.69) is 50.4 Å². The minimum atomic E-state index is 0. The average molecular weight is 478 g/mol. The van der Waals surface area contributed by atoms with Crippen LogP contribution in [0.1, 0.15) is 20.8 Å². The van der Waals surface area contributed by atoms with Crippen LogP contribution in [0, 0.1) is 5.41 Å². The molecule has 6 nitrogen and oxygen atoms in total. The van der Waals surface area contributed by atoms with Gasteiger partial charge in [0.15, 0.2) is 5.96 Å². The molecule has 0 amide bonds. The number of nitrogens with one attached hydrogen (secondary N) is 2. The molecule has 1 aromatic rings. The fourth-order valence-corrected chi connectivity index (χ4v) is 2.55. The number of aliphatic imine (C=N–C) groups is 1. The summed E-state index contributed by atoms with van der Waals surface area (Å²) in [5.74, 6) is 2.48. The van der Waals surface area contributed by atoms with Crippen molar-refractivity contribution in [2.75, 3.05) is 54.0 Å². The predicted octanol–water partition coefficient (Wildman–Crippen LogP) is 2.83. The molecule has 0 aliphatic heterocycles. The minimum Gasteiger partial charge on any atom is -0.497 e. The summed E-state index contributed by atoms with van der Waals surface area (Å²) in [6, 6.07) is 7.59. The maximum atomic E-state index is 5.72. The summed E-state index contributed by atoms with van der Waals surface area (Å²) >= 11 is 0. The zero-order valence-corrected chi connectivity index (χ0v) is 19.3. The average Bonchev–Trinajstić information content (AvgIpc) is 2.56. The van der Waals surface area contributed by atoms with Crippen molar-refractivity contribution in [2.24, 2.45) is 10.4 Å². The predicted molar refractivity (Wildman–Crippen MR) is 120 cm³/mol. The van der Waals surface area contributed by atoms with Crippen LogP contribution in [0.3, 0.4) is 0 Å². The van der Waals surface area contributed by atoms with Gasteiger partial charge in [0.2, 0.25) is 0 Å². The monoisotopic (exact) mass is 478 g/mol. The van der Waals surface area contributed by atoms with E-state index in [1.165, 1.54) is 0 Å². The quantitative estimate of drug-likeness (QED) is 0.235. The Morgan fingerprint density at radius 2 is 1.73 bits per heavy atom. The standard InChI is InChI=1S/C19H34N4O2.HI/c1-7-20-18(22-14-19(2,3)15-23(4)5)21-12-13-25-17-10-8-16(24-6)9-11-17;/h8-11H,7,12-15H2,1-6H3,(H2,20,21,22);1H. The molecule has 0 spiro atoms. The van der Waals surface area contributed by atoms with Crippen molar-refractivity contribution in [3.05, 3.63) is 24.3 Å². The van der Waals surface area contributed by atoms with Crippen molar-refractivity contribution in [3.63, 3.8) is 0 Å². The molecule has 0 fully saturated rings. The van der Waals surface area contributed by atoms with Crippen LogP contribution in [-0.2, 0) is 0 Å². The zero-order chi connectivity index (χ0) is 18.7. The molecule has 0 radical (unpaired) electrons. The molecule has 2 N–H and O–H groups in total. The first-order valence-corrected chi connectivity index (χ1v) is 8.80. The molecule has 0 saturated heterocycles. The lowest BCUT2D eigenvalue weighted by Crippen LogP contribution is -2.40. The van der Waals surface area contributed by atoms with Crippen LogP contribution in [0.25, 0.3) is 0 Å². The van der Waals surface area contributed by atoms with Crippen molar-refractivity contribution >= 4 is 29.9 Å². The van der Waals surface area contributed by atoms with Crippen LogP contribution in [-0.4, -0.2) is 64.9 Å². The molecule has 0 unspecified atom stereocenters. The Balaban J connectivity index is 0.00000625. The summed E-state index contributed by atoms with van der Waals surface area (Å²) in [4.78, 5) is 6.89. The Kier molecular flexibility index (Phi) is 12.4. The summed E-state index contributed by atoms with van der Waals surface area (Å²) in [6.07, 6.45) is 0. The fourth-order valence-electron chi connectivity index (χ4n) is 2.55. The van der Waals surface area contributed by atoms with Crippen LogP contribution in [0.15, 0.2) is 29.3 Å². The normalized spacial score (nSPS) is 11.7. The van der Waals surface area contributed by atoms with Gasteiger partial charge in [-0.25, -0.2) is 0 Å². The fraction of sp³-hybridized carbons (Fsp3) is 0.632. The van der Waals surface area contributed by atoms with E-state index in [-0.39, 0.29) is 29.4 Å². The number of halogens is 1. The molecule has 0 atom stereocenters. The van der Waals surface area contributed by atoms with Gasteiger partial charge < -0.3 is 25.0 Å². The Morgan fingerprint density at radius 1 is 1.12 bits per heavy atom. The highest BCUT2D eigenvalue weighted by Gasteiger charge is 2.18. The van der Waals surface area contributed by atoms with Gasteiger partial charge in [-0.1, -0.05) is 13.8 Å². The topological polar surface area (TPSA) is 58.1 Å². The second-order valence-electron chi connectivity index (χ2n) is 7.05. The Hall–Kier alpha value is -1.22. The first-order valence-electron chi connectivity index (χ1n) is 8.80. The second kappa shape index (κ2) is 13.0. The number of guanidine groups is 1. The van der Waals surface area contributed by atoms with Crippen LogP contribution in [0.4, 0.5) is 0 Å². The summed E-state index contributed by atoms with van der Waals surface area (Å²) in [5.41, 5.74) is 0.130. The molecule has 0 bridgehead atoms. The third-order valence-corrected chi connectivity index (χ3v) is 3.48. The Morgan fingerprint density at radius 3 is 2.27 bits per heavy atom. The highest BCUT2D eigenvalue weighted by atomic mass is 127. The van der Waals surface area contributed by atoms with Gasteiger partial charge in [0.1, 0.15) is 18.1 Å². The van der Waals surface area contributed by atoms with Crippen LogP contribution in [0.5, 0.6) is 11.5 Å². The maximum absolute atomic E-state index is 5.72. The lowest BCUT2D eigenvalue weighted by Gasteiger charge is -2.26. The molecule has 26 heavy (non-hydrogen) atoms. The molecule has 0 aliphatic rings. The van der Waals surface area contributed by atoms with Crippen molar-refractivity contribution in [1.82, 2.24) is 15.5 Å². The third-order valence-electron chi connectivity index (χ3n) is 3.48. The van der Waals surface area contributed by atoms with E-state index >= 15 is 0 Å². The highest BCUT2D eigenvalue weighted by Crippen LogP contribution is 2.17. The van der Waals surface area contributed by atoms with Gasteiger partial charge >= 0.3 is 0 Å².